The summed E-state index contributed by atoms with van der Waals surface area (Å²) in [4.78, 5) is 55.2. The van der Waals surface area contributed by atoms with Crippen molar-refractivity contribution in [3.63, 3.8) is 0 Å². The zero-order valence-corrected chi connectivity index (χ0v) is 26.8. The number of esters is 2. The SMILES string of the molecule is CC(C)(C)OC(=O)c1ccc(CBr)cc1.CC(C)(C)OC(=O)c1ccc(Cn2cnccc2=O)cc1.O=c1ccnc[nH]1. The second-order valence-electron chi connectivity index (χ2n) is 11.2. The van der Waals surface area contributed by atoms with Crippen LogP contribution in [0.4, 0.5) is 0 Å². The molecule has 0 unspecified atom stereocenters. The highest BCUT2D eigenvalue weighted by Crippen LogP contribution is 2.14. The number of nitrogens with one attached hydrogen (secondary N) is 1. The van der Waals surface area contributed by atoms with Gasteiger partial charge in [0.25, 0.3) is 11.1 Å². The van der Waals surface area contributed by atoms with Crippen LogP contribution in [0.3, 0.4) is 0 Å². The molecule has 0 saturated heterocycles. The standard InChI is InChI=1S/C16H18N2O3.C12H15BrO2.C4H4N2O/c1-16(2,3)21-15(20)13-6-4-12(5-7-13)10-18-11-17-9-8-14(18)19;1-12(2,3)15-11(14)10-6-4-9(8-13)5-7-10;7-4-1-2-5-3-6-4/h4-9,11H,10H2,1-3H3;4-7H,8H2,1-3H3;1-3H,(H,5,6,7). The van der Waals surface area contributed by atoms with Crippen molar-refractivity contribution in [2.24, 2.45) is 0 Å². The molecule has 0 saturated carbocycles. The zero-order valence-electron chi connectivity index (χ0n) is 25.2. The quantitative estimate of drug-likeness (QED) is 0.219. The van der Waals surface area contributed by atoms with Gasteiger partial charge in [0, 0.05) is 29.9 Å². The van der Waals surface area contributed by atoms with Crippen LogP contribution < -0.4 is 11.1 Å². The molecule has 228 valence electrons. The fraction of sp³-hybridized carbons (Fsp3) is 0.312. The maximum atomic E-state index is 11.9. The molecule has 0 aliphatic carbocycles. The fourth-order valence-electron chi connectivity index (χ4n) is 3.15. The molecule has 10 nitrogen and oxygen atoms in total. The van der Waals surface area contributed by atoms with Crippen LogP contribution in [0.1, 0.15) is 73.4 Å². The molecule has 2 aromatic carbocycles. The first-order chi connectivity index (χ1) is 20.2. The van der Waals surface area contributed by atoms with Gasteiger partial charge in [0.05, 0.1) is 30.3 Å². The third-order valence-corrected chi connectivity index (χ3v) is 5.72. The van der Waals surface area contributed by atoms with Gasteiger partial charge in [-0.3, -0.25) is 14.2 Å². The average Bonchev–Trinajstić information content (AvgIpc) is 2.94. The van der Waals surface area contributed by atoms with Crippen LogP contribution in [-0.2, 0) is 21.3 Å². The predicted octanol–water partition coefficient (Wildman–Crippen LogP) is 5.55. The van der Waals surface area contributed by atoms with Crippen LogP contribution in [-0.4, -0.2) is 42.7 Å². The number of alkyl halides is 1. The van der Waals surface area contributed by atoms with Crippen molar-refractivity contribution in [2.45, 2.75) is 64.6 Å². The van der Waals surface area contributed by atoms with Crippen molar-refractivity contribution in [1.29, 1.82) is 0 Å². The summed E-state index contributed by atoms with van der Waals surface area (Å²) in [5.74, 6) is -0.629. The van der Waals surface area contributed by atoms with Gasteiger partial charge in [-0.1, -0.05) is 40.2 Å². The second-order valence-corrected chi connectivity index (χ2v) is 11.7. The molecule has 4 rings (SSSR count). The van der Waals surface area contributed by atoms with E-state index in [9.17, 15) is 19.2 Å². The van der Waals surface area contributed by atoms with Gasteiger partial charge >= 0.3 is 11.9 Å². The molecule has 0 amide bonds. The maximum Gasteiger partial charge on any atom is 0.338 e. The van der Waals surface area contributed by atoms with Gasteiger partial charge in [-0.05, 0) is 76.9 Å². The van der Waals surface area contributed by atoms with Crippen molar-refractivity contribution in [3.05, 3.63) is 129 Å². The van der Waals surface area contributed by atoms with Crippen molar-refractivity contribution in [1.82, 2.24) is 19.5 Å². The molecule has 0 bridgehead atoms. The maximum absolute atomic E-state index is 11.9. The Kier molecular flexibility index (Phi) is 13.2. The highest BCUT2D eigenvalue weighted by molar-refractivity contribution is 9.08. The van der Waals surface area contributed by atoms with Gasteiger partial charge in [0.15, 0.2) is 0 Å². The number of nitrogens with zero attached hydrogens (tertiary/aromatic N) is 3. The Labute approximate surface area is 259 Å². The van der Waals surface area contributed by atoms with Gasteiger partial charge in [0.1, 0.15) is 11.2 Å². The Bertz CT molecular complexity index is 1550. The van der Waals surface area contributed by atoms with Crippen molar-refractivity contribution in [2.75, 3.05) is 0 Å². The molecule has 2 heterocycles. The Morgan fingerprint density at radius 2 is 1.23 bits per heavy atom. The molecule has 0 spiro atoms. The summed E-state index contributed by atoms with van der Waals surface area (Å²) in [5.41, 5.74) is 1.96. The normalized spacial score (nSPS) is 10.8. The lowest BCUT2D eigenvalue weighted by molar-refractivity contribution is 0.00570. The number of benzene rings is 2. The van der Waals surface area contributed by atoms with E-state index in [2.05, 4.69) is 30.9 Å². The molecule has 0 aliphatic rings. The molecular formula is C32H37BrN4O6. The lowest BCUT2D eigenvalue weighted by Crippen LogP contribution is -2.24. The van der Waals surface area contributed by atoms with E-state index in [4.69, 9.17) is 9.47 Å². The minimum atomic E-state index is -0.515. The Morgan fingerprint density at radius 3 is 1.60 bits per heavy atom. The molecular weight excluding hydrogens is 616 g/mol. The monoisotopic (exact) mass is 652 g/mol. The van der Waals surface area contributed by atoms with Crippen molar-refractivity contribution < 1.29 is 19.1 Å². The third-order valence-electron chi connectivity index (χ3n) is 5.07. The number of H-pyrrole nitrogens is 1. The van der Waals surface area contributed by atoms with Crippen molar-refractivity contribution in [3.8, 4) is 0 Å². The number of carbonyl (C=O) groups excluding carboxylic acids is 2. The Morgan fingerprint density at radius 1 is 0.744 bits per heavy atom. The smallest absolute Gasteiger partial charge is 0.338 e. The molecule has 0 fully saturated rings. The summed E-state index contributed by atoms with van der Waals surface area (Å²) < 4.78 is 12.0. The molecule has 0 atom stereocenters. The lowest BCUT2D eigenvalue weighted by Gasteiger charge is -2.19. The fourth-order valence-corrected chi connectivity index (χ4v) is 3.52. The van der Waals surface area contributed by atoms with E-state index < -0.39 is 11.2 Å². The Hall–Kier alpha value is -4.38. The summed E-state index contributed by atoms with van der Waals surface area (Å²) in [5, 5.41) is 0.793. The minimum absolute atomic E-state index is 0.110. The lowest BCUT2D eigenvalue weighted by atomic mass is 10.1. The number of hydrogen-bond acceptors (Lipinski definition) is 8. The third kappa shape index (κ3) is 13.9. The summed E-state index contributed by atoms with van der Waals surface area (Å²) >= 11 is 3.35. The van der Waals surface area contributed by atoms with Crippen LogP contribution in [0, 0.1) is 0 Å². The van der Waals surface area contributed by atoms with E-state index in [1.165, 1.54) is 41.7 Å². The number of aromatic nitrogens is 4. The first kappa shape index (κ1) is 34.8. The average molecular weight is 654 g/mol. The Balaban J connectivity index is 0.000000254. The number of hydrogen-bond donors (Lipinski definition) is 1. The number of ether oxygens (including phenoxy) is 2. The highest BCUT2D eigenvalue weighted by Gasteiger charge is 2.18. The predicted molar refractivity (Wildman–Crippen MR) is 168 cm³/mol. The van der Waals surface area contributed by atoms with E-state index in [0.29, 0.717) is 17.7 Å². The molecule has 0 radical (unpaired) electrons. The van der Waals surface area contributed by atoms with Crippen LogP contribution in [0.2, 0.25) is 0 Å². The van der Waals surface area contributed by atoms with Gasteiger partial charge in [-0.25, -0.2) is 19.6 Å². The number of halogens is 1. The van der Waals surface area contributed by atoms with Crippen LogP contribution in [0.5, 0.6) is 0 Å². The summed E-state index contributed by atoms with van der Waals surface area (Å²) in [6.07, 6.45) is 5.75. The van der Waals surface area contributed by atoms with Gasteiger partial charge in [-0.15, -0.1) is 0 Å². The molecule has 1 N–H and O–H groups in total. The largest absolute Gasteiger partial charge is 0.456 e. The van der Waals surface area contributed by atoms with E-state index in [-0.39, 0.29) is 23.1 Å². The van der Waals surface area contributed by atoms with E-state index in [0.717, 1.165) is 16.5 Å². The topological polar surface area (TPSA) is 133 Å². The van der Waals surface area contributed by atoms with Crippen molar-refractivity contribution >= 4 is 27.9 Å². The molecule has 11 heteroatoms. The first-order valence-corrected chi connectivity index (χ1v) is 14.5. The van der Waals surface area contributed by atoms with Gasteiger partial charge in [0.2, 0.25) is 0 Å². The number of aromatic amines is 1. The van der Waals surface area contributed by atoms with E-state index in [1.807, 2.05) is 53.7 Å². The van der Waals surface area contributed by atoms with Crippen LogP contribution in [0.25, 0.3) is 0 Å². The van der Waals surface area contributed by atoms with Gasteiger partial charge in [-0.2, -0.15) is 0 Å². The highest BCUT2D eigenvalue weighted by atomic mass is 79.9. The summed E-state index contributed by atoms with van der Waals surface area (Å²) in [6.45, 7) is 11.5. The van der Waals surface area contributed by atoms with E-state index in [1.54, 1.807) is 36.4 Å². The van der Waals surface area contributed by atoms with E-state index >= 15 is 0 Å². The molecule has 0 aliphatic heterocycles. The number of carbonyl (C=O) groups is 2. The van der Waals surface area contributed by atoms with Crippen LogP contribution >= 0.6 is 15.9 Å². The zero-order chi connectivity index (χ0) is 32.0. The second kappa shape index (κ2) is 16.3. The number of rotatable bonds is 5. The molecule has 43 heavy (non-hydrogen) atoms. The summed E-state index contributed by atoms with van der Waals surface area (Å²) in [7, 11) is 0. The summed E-state index contributed by atoms with van der Waals surface area (Å²) in [6, 6.07) is 17.2. The van der Waals surface area contributed by atoms with Gasteiger partial charge < -0.3 is 14.5 Å². The first-order valence-electron chi connectivity index (χ1n) is 13.4. The molecule has 4 aromatic rings. The minimum Gasteiger partial charge on any atom is -0.456 e. The van der Waals surface area contributed by atoms with Crippen LogP contribution in [0.15, 0.2) is 95.3 Å². The molecule has 2 aromatic heterocycles.